The summed E-state index contributed by atoms with van der Waals surface area (Å²) in [5.74, 6) is 0.586. The van der Waals surface area contributed by atoms with Crippen LogP contribution in [0.4, 0.5) is 5.69 Å². The summed E-state index contributed by atoms with van der Waals surface area (Å²) in [7, 11) is 0. The first-order valence-electron chi connectivity index (χ1n) is 5.41. The lowest BCUT2D eigenvalue weighted by Gasteiger charge is -2.08. The van der Waals surface area contributed by atoms with E-state index in [9.17, 15) is 5.11 Å². The summed E-state index contributed by atoms with van der Waals surface area (Å²) in [4.78, 5) is 5.05. The van der Waals surface area contributed by atoms with Crippen molar-refractivity contribution in [3.8, 4) is 0 Å². The van der Waals surface area contributed by atoms with Gasteiger partial charge in [0.05, 0.1) is 11.6 Å². The molecule has 3 nitrogen and oxygen atoms in total. The molecule has 1 aromatic heterocycles. The quantitative estimate of drug-likeness (QED) is 0.514. The van der Waals surface area contributed by atoms with Gasteiger partial charge in [-0.1, -0.05) is 18.2 Å². The van der Waals surface area contributed by atoms with Crippen molar-refractivity contribution in [3.63, 3.8) is 0 Å². The molecule has 0 spiro atoms. The van der Waals surface area contributed by atoms with Crippen LogP contribution in [0.1, 0.15) is 16.5 Å². The number of benzene rings is 1. The molecule has 0 amide bonds. The van der Waals surface area contributed by atoms with Crippen molar-refractivity contribution in [2.24, 2.45) is 10.7 Å². The SMILES string of the molecule is NC(CCl)=Nc1ccc(C(O)c2cccs2)cc1. The number of nitrogens with two attached hydrogens (primary N) is 1. The van der Waals surface area contributed by atoms with Crippen LogP contribution in [0.15, 0.2) is 46.8 Å². The summed E-state index contributed by atoms with van der Waals surface area (Å²) in [5.41, 5.74) is 7.12. The number of hydrogen-bond acceptors (Lipinski definition) is 3. The Labute approximate surface area is 115 Å². The van der Waals surface area contributed by atoms with Crippen molar-refractivity contribution < 1.29 is 5.11 Å². The summed E-state index contributed by atoms with van der Waals surface area (Å²) >= 11 is 7.09. The molecule has 0 radical (unpaired) electrons. The van der Waals surface area contributed by atoms with Gasteiger partial charge in [0.25, 0.3) is 0 Å². The van der Waals surface area contributed by atoms with Crippen molar-refractivity contribution in [1.82, 2.24) is 0 Å². The van der Waals surface area contributed by atoms with Gasteiger partial charge in [-0.2, -0.15) is 0 Å². The highest BCUT2D eigenvalue weighted by Crippen LogP contribution is 2.27. The summed E-state index contributed by atoms with van der Waals surface area (Å²) in [6, 6.07) is 11.1. The monoisotopic (exact) mass is 280 g/mol. The van der Waals surface area contributed by atoms with Gasteiger partial charge in [-0.05, 0) is 29.1 Å². The van der Waals surface area contributed by atoms with E-state index in [-0.39, 0.29) is 5.88 Å². The molecule has 5 heteroatoms. The first kappa shape index (κ1) is 13.1. The van der Waals surface area contributed by atoms with E-state index in [4.69, 9.17) is 17.3 Å². The topological polar surface area (TPSA) is 58.6 Å². The molecule has 2 rings (SSSR count). The van der Waals surface area contributed by atoms with Crippen LogP contribution < -0.4 is 5.73 Å². The Bertz CT molecular complexity index is 522. The summed E-state index contributed by atoms with van der Waals surface area (Å²) in [6.45, 7) is 0. The van der Waals surface area contributed by atoms with Gasteiger partial charge in [-0.15, -0.1) is 22.9 Å². The maximum absolute atomic E-state index is 10.1. The summed E-state index contributed by atoms with van der Waals surface area (Å²) in [5, 5.41) is 12.1. The highest BCUT2D eigenvalue weighted by molar-refractivity contribution is 7.10. The molecule has 0 aliphatic heterocycles. The van der Waals surface area contributed by atoms with Crippen molar-refractivity contribution in [3.05, 3.63) is 52.2 Å². The first-order chi connectivity index (χ1) is 8.70. The van der Waals surface area contributed by atoms with Gasteiger partial charge in [-0.3, -0.25) is 0 Å². The fraction of sp³-hybridized carbons (Fsp3) is 0.154. The molecule has 2 aromatic rings. The molecule has 1 aromatic carbocycles. The minimum Gasteiger partial charge on any atom is -0.386 e. The van der Waals surface area contributed by atoms with Crippen molar-refractivity contribution >= 4 is 34.5 Å². The van der Waals surface area contributed by atoms with Gasteiger partial charge in [-0.25, -0.2) is 4.99 Å². The molecule has 0 aliphatic rings. The number of thiophene rings is 1. The second-order valence-corrected chi connectivity index (χ2v) is 4.99. The molecule has 3 N–H and O–H groups in total. The van der Waals surface area contributed by atoms with E-state index in [0.717, 1.165) is 16.1 Å². The number of amidine groups is 1. The number of rotatable bonds is 4. The summed E-state index contributed by atoms with van der Waals surface area (Å²) in [6.07, 6.45) is -0.589. The Morgan fingerprint density at radius 1 is 1.33 bits per heavy atom. The molecule has 94 valence electrons. The lowest BCUT2D eigenvalue weighted by atomic mass is 10.1. The van der Waals surface area contributed by atoms with Crippen LogP contribution in [0.3, 0.4) is 0 Å². The minimum absolute atomic E-state index is 0.208. The number of aliphatic hydroxyl groups excluding tert-OH is 1. The van der Waals surface area contributed by atoms with Crippen LogP contribution in [0.25, 0.3) is 0 Å². The Balaban J connectivity index is 2.17. The number of aliphatic imine (C=N–C) groups is 1. The molecule has 0 bridgehead atoms. The van der Waals surface area contributed by atoms with Crippen LogP contribution in [-0.4, -0.2) is 16.8 Å². The van der Waals surface area contributed by atoms with Crippen LogP contribution in [0.5, 0.6) is 0 Å². The summed E-state index contributed by atoms with van der Waals surface area (Å²) < 4.78 is 0. The van der Waals surface area contributed by atoms with Gasteiger partial charge in [0, 0.05) is 4.88 Å². The molecule has 0 fully saturated rings. The standard InChI is InChI=1S/C13H13ClN2OS/c14-8-12(15)16-10-5-3-9(4-6-10)13(17)11-2-1-7-18-11/h1-7,13,17H,8H2,(H2,15,16). The van der Waals surface area contributed by atoms with E-state index in [1.54, 1.807) is 0 Å². The number of aliphatic hydroxyl groups is 1. The second-order valence-electron chi connectivity index (χ2n) is 3.75. The van der Waals surface area contributed by atoms with Gasteiger partial charge < -0.3 is 10.8 Å². The van der Waals surface area contributed by atoms with E-state index >= 15 is 0 Å². The van der Waals surface area contributed by atoms with E-state index in [2.05, 4.69) is 4.99 Å². The number of hydrogen-bond donors (Lipinski definition) is 2. The molecular weight excluding hydrogens is 268 g/mol. The minimum atomic E-state index is -0.589. The third kappa shape index (κ3) is 3.10. The van der Waals surface area contributed by atoms with Crippen molar-refractivity contribution in [2.45, 2.75) is 6.10 Å². The normalized spacial score (nSPS) is 13.6. The third-order valence-corrected chi connectivity index (χ3v) is 3.63. The van der Waals surface area contributed by atoms with Crippen molar-refractivity contribution in [2.75, 3.05) is 5.88 Å². The molecule has 0 saturated heterocycles. The zero-order chi connectivity index (χ0) is 13.0. The zero-order valence-corrected chi connectivity index (χ0v) is 11.2. The van der Waals surface area contributed by atoms with Crippen LogP contribution >= 0.6 is 22.9 Å². The fourth-order valence-electron chi connectivity index (χ4n) is 1.54. The maximum Gasteiger partial charge on any atom is 0.115 e. The third-order valence-electron chi connectivity index (χ3n) is 2.43. The molecular formula is C13H13ClN2OS. The first-order valence-corrected chi connectivity index (χ1v) is 6.82. The van der Waals surface area contributed by atoms with Gasteiger partial charge in [0.15, 0.2) is 0 Å². The highest BCUT2D eigenvalue weighted by Gasteiger charge is 2.10. The van der Waals surface area contributed by atoms with Crippen LogP contribution in [0, 0.1) is 0 Å². The van der Waals surface area contributed by atoms with E-state index in [1.807, 2.05) is 41.8 Å². The Kier molecular flexibility index (Phi) is 4.36. The fourth-order valence-corrected chi connectivity index (χ4v) is 2.33. The van der Waals surface area contributed by atoms with E-state index in [1.165, 1.54) is 11.3 Å². The predicted molar refractivity (Wildman–Crippen MR) is 76.8 cm³/mol. The molecule has 1 heterocycles. The lowest BCUT2D eigenvalue weighted by molar-refractivity contribution is 0.224. The predicted octanol–water partition coefficient (Wildman–Crippen LogP) is 3.06. The van der Waals surface area contributed by atoms with Gasteiger partial charge >= 0.3 is 0 Å². The van der Waals surface area contributed by atoms with Gasteiger partial charge in [0.1, 0.15) is 11.9 Å². The van der Waals surface area contributed by atoms with Crippen molar-refractivity contribution in [1.29, 1.82) is 0 Å². The number of halogens is 1. The largest absolute Gasteiger partial charge is 0.386 e. The number of alkyl halides is 1. The Hall–Kier alpha value is -1.36. The molecule has 1 unspecified atom stereocenters. The average molecular weight is 281 g/mol. The molecule has 18 heavy (non-hydrogen) atoms. The van der Waals surface area contributed by atoms with Gasteiger partial charge in [0.2, 0.25) is 0 Å². The average Bonchev–Trinajstić information content (AvgIpc) is 2.92. The Morgan fingerprint density at radius 3 is 2.61 bits per heavy atom. The van der Waals surface area contributed by atoms with Crippen LogP contribution in [-0.2, 0) is 0 Å². The van der Waals surface area contributed by atoms with Crippen LogP contribution in [0.2, 0.25) is 0 Å². The second kappa shape index (κ2) is 6.00. The van der Waals surface area contributed by atoms with E-state index in [0.29, 0.717) is 5.84 Å². The maximum atomic E-state index is 10.1. The number of nitrogens with zero attached hydrogens (tertiary/aromatic N) is 1. The molecule has 0 saturated carbocycles. The van der Waals surface area contributed by atoms with E-state index < -0.39 is 6.10 Å². The highest BCUT2D eigenvalue weighted by atomic mass is 35.5. The molecule has 1 atom stereocenters. The molecule has 0 aliphatic carbocycles. The lowest BCUT2D eigenvalue weighted by Crippen LogP contribution is -2.12. The zero-order valence-electron chi connectivity index (χ0n) is 9.58. The smallest absolute Gasteiger partial charge is 0.115 e. The Morgan fingerprint density at radius 2 is 2.06 bits per heavy atom.